The summed E-state index contributed by atoms with van der Waals surface area (Å²) in [4.78, 5) is 18.1. The van der Waals surface area contributed by atoms with Gasteiger partial charge in [-0.25, -0.2) is 9.37 Å². The molecule has 0 radical (unpaired) electrons. The standard InChI is InChI=1S/C18H15FN6OS2/c1-25-16(15-14(20)10-5-4-8-21-17(10)28-15)23-24-18(25)27-9-13(26)22-12-7-3-2-6-11(12)19/h2-8H,9,20H2,1H3,(H,22,26). The van der Waals surface area contributed by atoms with Gasteiger partial charge in [-0.2, -0.15) is 0 Å². The summed E-state index contributed by atoms with van der Waals surface area (Å²) >= 11 is 2.65. The van der Waals surface area contributed by atoms with E-state index in [1.165, 1.54) is 35.2 Å². The molecule has 28 heavy (non-hydrogen) atoms. The summed E-state index contributed by atoms with van der Waals surface area (Å²) in [7, 11) is 1.81. The number of aromatic nitrogens is 4. The number of thioether (sulfide) groups is 1. The number of benzene rings is 1. The minimum atomic E-state index is -0.476. The number of hydrogen-bond acceptors (Lipinski definition) is 7. The highest BCUT2D eigenvalue weighted by Gasteiger charge is 2.19. The van der Waals surface area contributed by atoms with Crippen molar-refractivity contribution in [1.82, 2.24) is 19.7 Å². The first-order chi connectivity index (χ1) is 13.5. The van der Waals surface area contributed by atoms with E-state index in [1.54, 1.807) is 22.9 Å². The van der Waals surface area contributed by atoms with Crippen LogP contribution in [0.3, 0.4) is 0 Å². The number of nitrogens with one attached hydrogen (secondary N) is 1. The second-order valence-electron chi connectivity index (χ2n) is 5.88. The molecule has 0 aliphatic carbocycles. The van der Waals surface area contributed by atoms with Crippen LogP contribution in [0.5, 0.6) is 0 Å². The highest BCUT2D eigenvalue weighted by Crippen LogP contribution is 2.39. The van der Waals surface area contributed by atoms with Crippen molar-refractivity contribution in [3.63, 3.8) is 0 Å². The van der Waals surface area contributed by atoms with Crippen LogP contribution < -0.4 is 11.1 Å². The highest BCUT2D eigenvalue weighted by atomic mass is 32.2. The van der Waals surface area contributed by atoms with Crippen LogP contribution in [-0.2, 0) is 11.8 Å². The molecule has 3 N–H and O–H groups in total. The Labute approximate surface area is 167 Å². The van der Waals surface area contributed by atoms with Crippen LogP contribution in [-0.4, -0.2) is 31.4 Å². The second-order valence-corrected chi connectivity index (χ2v) is 7.82. The van der Waals surface area contributed by atoms with Crippen LogP contribution in [0.25, 0.3) is 20.9 Å². The lowest BCUT2D eigenvalue weighted by atomic mass is 10.2. The normalized spacial score (nSPS) is 11.1. The Kier molecular flexibility index (Phi) is 4.97. The van der Waals surface area contributed by atoms with E-state index >= 15 is 0 Å². The van der Waals surface area contributed by atoms with Gasteiger partial charge in [-0.15, -0.1) is 21.5 Å². The topological polar surface area (TPSA) is 98.7 Å². The number of amides is 1. The molecule has 4 rings (SSSR count). The summed E-state index contributed by atoms with van der Waals surface area (Å²) in [5.41, 5.74) is 7.01. The third-order valence-corrected chi connectivity index (χ3v) is 6.17. The molecule has 0 spiro atoms. The number of anilines is 2. The van der Waals surface area contributed by atoms with Crippen molar-refractivity contribution in [2.45, 2.75) is 5.16 Å². The van der Waals surface area contributed by atoms with Crippen LogP contribution in [0.15, 0.2) is 47.8 Å². The summed E-state index contributed by atoms with van der Waals surface area (Å²) in [5, 5.41) is 12.4. The van der Waals surface area contributed by atoms with E-state index in [2.05, 4.69) is 20.5 Å². The predicted molar refractivity (Wildman–Crippen MR) is 110 cm³/mol. The summed E-state index contributed by atoms with van der Waals surface area (Å²) in [6.07, 6.45) is 1.72. The zero-order chi connectivity index (χ0) is 19.7. The Balaban J connectivity index is 1.50. The van der Waals surface area contributed by atoms with Gasteiger partial charge in [0.15, 0.2) is 11.0 Å². The molecule has 0 atom stereocenters. The number of thiophene rings is 1. The number of halogens is 1. The molecule has 4 aromatic rings. The molecule has 3 aromatic heterocycles. The molecule has 7 nitrogen and oxygen atoms in total. The van der Waals surface area contributed by atoms with Gasteiger partial charge in [0.1, 0.15) is 10.6 Å². The molecule has 10 heteroatoms. The SMILES string of the molecule is Cn1c(SCC(=O)Nc2ccccc2F)nnc1-c1sc2ncccc2c1N. The minimum Gasteiger partial charge on any atom is -0.397 e. The maximum Gasteiger partial charge on any atom is 0.234 e. The lowest BCUT2D eigenvalue weighted by Gasteiger charge is -2.06. The monoisotopic (exact) mass is 414 g/mol. The summed E-state index contributed by atoms with van der Waals surface area (Å²) < 4.78 is 15.4. The Morgan fingerprint density at radius 3 is 2.89 bits per heavy atom. The number of nitrogens with zero attached hydrogens (tertiary/aromatic N) is 4. The van der Waals surface area contributed by atoms with Crippen molar-refractivity contribution in [2.75, 3.05) is 16.8 Å². The molecule has 1 aromatic carbocycles. The third-order valence-electron chi connectivity index (χ3n) is 4.02. The molecule has 0 fully saturated rings. The largest absolute Gasteiger partial charge is 0.397 e. The van der Waals surface area contributed by atoms with Gasteiger partial charge in [0, 0.05) is 18.6 Å². The quantitative estimate of drug-likeness (QED) is 0.485. The summed E-state index contributed by atoms with van der Waals surface area (Å²) in [5.74, 6) is -0.123. The number of rotatable bonds is 5. The fourth-order valence-corrected chi connectivity index (χ4v) is 4.43. The fraction of sp³-hybridized carbons (Fsp3) is 0.111. The average Bonchev–Trinajstić information content (AvgIpc) is 3.22. The van der Waals surface area contributed by atoms with Crippen molar-refractivity contribution in [3.05, 3.63) is 48.4 Å². The van der Waals surface area contributed by atoms with Gasteiger partial charge in [0.2, 0.25) is 5.91 Å². The number of para-hydroxylation sites is 1. The van der Waals surface area contributed by atoms with E-state index in [0.717, 1.165) is 15.1 Å². The van der Waals surface area contributed by atoms with Gasteiger partial charge in [0.05, 0.1) is 22.0 Å². The average molecular weight is 414 g/mol. The number of pyridine rings is 1. The van der Waals surface area contributed by atoms with Crippen molar-refractivity contribution in [3.8, 4) is 10.7 Å². The Morgan fingerprint density at radius 1 is 1.29 bits per heavy atom. The number of carbonyl (C=O) groups excluding carboxylic acids is 1. The van der Waals surface area contributed by atoms with Crippen LogP contribution >= 0.6 is 23.1 Å². The highest BCUT2D eigenvalue weighted by molar-refractivity contribution is 7.99. The number of carbonyl (C=O) groups is 1. The molecule has 0 aliphatic heterocycles. The molecule has 0 saturated carbocycles. The molecular weight excluding hydrogens is 399 g/mol. The lowest BCUT2D eigenvalue weighted by Crippen LogP contribution is -2.15. The van der Waals surface area contributed by atoms with Crippen molar-refractivity contribution >= 4 is 50.6 Å². The predicted octanol–water partition coefficient (Wildman–Crippen LogP) is 3.54. The summed E-state index contributed by atoms with van der Waals surface area (Å²) in [6.45, 7) is 0. The number of nitrogen functional groups attached to an aromatic ring is 1. The molecule has 0 aliphatic rings. The van der Waals surface area contributed by atoms with Gasteiger partial charge in [-0.1, -0.05) is 23.9 Å². The fourth-order valence-electron chi connectivity index (χ4n) is 2.63. The van der Waals surface area contributed by atoms with E-state index < -0.39 is 5.82 Å². The van der Waals surface area contributed by atoms with Crippen LogP contribution in [0.2, 0.25) is 0 Å². The van der Waals surface area contributed by atoms with Gasteiger partial charge in [-0.3, -0.25) is 4.79 Å². The Morgan fingerprint density at radius 2 is 2.11 bits per heavy atom. The lowest BCUT2D eigenvalue weighted by molar-refractivity contribution is -0.113. The van der Waals surface area contributed by atoms with Crippen molar-refractivity contribution in [1.29, 1.82) is 0 Å². The van der Waals surface area contributed by atoms with Crippen LogP contribution in [0, 0.1) is 5.82 Å². The van der Waals surface area contributed by atoms with Gasteiger partial charge in [0.25, 0.3) is 0 Å². The second kappa shape index (κ2) is 7.56. The van der Waals surface area contributed by atoms with Gasteiger partial charge < -0.3 is 15.6 Å². The van der Waals surface area contributed by atoms with Crippen molar-refractivity contribution < 1.29 is 9.18 Å². The van der Waals surface area contributed by atoms with E-state index in [-0.39, 0.29) is 17.3 Å². The van der Waals surface area contributed by atoms with E-state index in [1.807, 2.05) is 19.2 Å². The van der Waals surface area contributed by atoms with Crippen LogP contribution in [0.4, 0.5) is 15.8 Å². The molecule has 142 valence electrons. The first kappa shape index (κ1) is 18.4. The molecule has 3 heterocycles. The molecular formula is C18H15FN6OS2. The first-order valence-corrected chi connectivity index (χ1v) is 10.0. The number of hydrogen-bond donors (Lipinski definition) is 2. The molecule has 1 amide bonds. The molecule has 0 saturated heterocycles. The maximum absolute atomic E-state index is 13.6. The summed E-state index contributed by atoms with van der Waals surface area (Å²) in [6, 6.07) is 9.78. The Bertz CT molecular complexity index is 1170. The third kappa shape index (κ3) is 3.43. The van der Waals surface area contributed by atoms with Crippen molar-refractivity contribution in [2.24, 2.45) is 7.05 Å². The zero-order valence-electron chi connectivity index (χ0n) is 14.7. The van der Waals surface area contributed by atoms with Gasteiger partial charge in [-0.05, 0) is 24.3 Å². The molecule has 0 unspecified atom stereocenters. The van der Waals surface area contributed by atoms with Gasteiger partial charge >= 0.3 is 0 Å². The van der Waals surface area contributed by atoms with E-state index in [0.29, 0.717) is 16.7 Å². The number of fused-ring (bicyclic) bond motifs is 1. The van der Waals surface area contributed by atoms with E-state index in [9.17, 15) is 9.18 Å². The Hall–Kier alpha value is -2.98. The zero-order valence-corrected chi connectivity index (χ0v) is 16.4. The van der Waals surface area contributed by atoms with E-state index in [4.69, 9.17) is 5.73 Å². The first-order valence-electron chi connectivity index (χ1n) is 8.24. The molecule has 0 bridgehead atoms. The maximum atomic E-state index is 13.6. The minimum absolute atomic E-state index is 0.0732. The van der Waals surface area contributed by atoms with Crippen LogP contribution in [0.1, 0.15) is 0 Å². The number of nitrogens with two attached hydrogens (primary N) is 1. The smallest absolute Gasteiger partial charge is 0.234 e.